The molecule has 0 spiro atoms. The van der Waals surface area contributed by atoms with Crippen molar-refractivity contribution in [1.29, 1.82) is 0 Å². The van der Waals surface area contributed by atoms with Crippen LogP contribution in [0.15, 0.2) is 48.5 Å². The highest BCUT2D eigenvalue weighted by atomic mass is 35.5. The summed E-state index contributed by atoms with van der Waals surface area (Å²) in [6, 6.07) is 16.1. The first-order chi connectivity index (χ1) is 12.9. The molecule has 2 aromatic rings. The summed E-state index contributed by atoms with van der Waals surface area (Å²) in [5.41, 5.74) is 3.99. The minimum Gasteiger partial charge on any atom is -0.339 e. The van der Waals surface area contributed by atoms with Gasteiger partial charge in [-0.05, 0) is 42.7 Å². The van der Waals surface area contributed by atoms with E-state index < -0.39 is 0 Å². The van der Waals surface area contributed by atoms with Crippen LogP contribution in [0.25, 0.3) is 0 Å². The zero-order valence-electron chi connectivity index (χ0n) is 16.0. The van der Waals surface area contributed by atoms with Crippen LogP contribution in [-0.2, 0) is 11.3 Å². The zero-order chi connectivity index (χ0) is 19.6. The maximum atomic E-state index is 12.7. The van der Waals surface area contributed by atoms with Gasteiger partial charge < -0.3 is 9.80 Å². The Bertz CT molecular complexity index is 835. The quantitative estimate of drug-likeness (QED) is 0.750. The van der Waals surface area contributed by atoms with Crippen molar-refractivity contribution in [3.63, 3.8) is 0 Å². The van der Waals surface area contributed by atoms with Crippen LogP contribution in [0.1, 0.15) is 46.8 Å². The van der Waals surface area contributed by atoms with Crippen molar-refractivity contribution in [3.8, 4) is 0 Å². The number of halogens is 1. The predicted molar refractivity (Wildman–Crippen MR) is 108 cm³/mol. The van der Waals surface area contributed by atoms with Gasteiger partial charge in [-0.1, -0.05) is 36.4 Å². The smallest absolute Gasteiger partial charge is 0.253 e. The molecule has 0 saturated carbocycles. The first kappa shape index (κ1) is 19.4. The highest BCUT2D eigenvalue weighted by Crippen LogP contribution is 2.34. The van der Waals surface area contributed by atoms with E-state index in [9.17, 15) is 9.59 Å². The fourth-order valence-electron chi connectivity index (χ4n) is 3.49. The van der Waals surface area contributed by atoms with Crippen LogP contribution in [0.5, 0.6) is 0 Å². The third-order valence-electron chi connectivity index (χ3n) is 5.29. The third kappa shape index (κ3) is 4.01. The normalized spacial score (nSPS) is 16.2. The van der Waals surface area contributed by atoms with Gasteiger partial charge in [-0.15, -0.1) is 11.6 Å². The monoisotopic (exact) mass is 384 g/mol. The van der Waals surface area contributed by atoms with Gasteiger partial charge in [-0.3, -0.25) is 9.59 Å². The molecule has 5 heteroatoms. The van der Waals surface area contributed by atoms with Gasteiger partial charge in [-0.2, -0.15) is 0 Å². The molecule has 0 aliphatic carbocycles. The van der Waals surface area contributed by atoms with Crippen molar-refractivity contribution in [2.75, 3.05) is 19.5 Å². The fourth-order valence-corrected chi connectivity index (χ4v) is 3.66. The van der Waals surface area contributed by atoms with E-state index >= 15 is 0 Å². The van der Waals surface area contributed by atoms with Gasteiger partial charge in [-0.25, -0.2) is 0 Å². The van der Waals surface area contributed by atoms with Crippen LogP contribution in [-0.4, -0.2) is 47.1 Å². The standard InChI is InChI=1S/C22H25ClN2O2/c1-15(2)24(3)22(27)17-9-10-19-18(11-17)13-25(21(26)12-23)14-20(19)16-7-5-4-6-8-16/h4-11,15,20H,12-14H2,1-3H3. The van der Waals surface area contributed by atoms with Crippen LogP contribution < -0.4 is 0 Å². The summed E-state index contributed by atoms with van der Waals surface area (Å²) in [7, 11) is 1.81. The number of hydrogen-bond donors (Lipinski definition) is 0. The Kier molecular flexibility index (Phi) is 5.85. The van der Waals surface area contributed by atoms with E-state index in [4.69, 9.17) is 11.6 Å². The van der Waals surface area contributed by atoms with Gasteiger partial charge >= 0.3 is 0 Å². The van der Waals surface area contributed by atoms with Crippen molar-refractivity contribution >= 4 is 23.4 Å². The number of nitrogens with zero attached hydrogens (tertiary/aromatic N) is 2. The molecule has 1 aliphatic heterocycles. The molecule has 0 N–H and O–H groups in total. The molecule has 1 unspecified atom stereocenters. The van der Waals surface area contributed by atoms with E-state index in [2.05, 4.69) is 12.1 Å². The minimum atomic E-state index is -0.0840. The molecule has 3 rings (SSSR count). The van der Waals surface area contributed by atoms with E-state index in [1.807, 2.05) is 57.3 Å². The van der Waals surface area contributed by atoms with Crippen LogP contribution in [0.3, 0.4) is 0 Å². The molecule has 1 atom stereocenters. The zero-order valence-corrected chi connectivity index (χ0v) is 16.7. The molecular weight excluding hydrogens is 360 g/mol. The van der Waals surface area contributed by atoms with E-state index in [1.54, 1.807) is 9.80 Å². The number of amides is 2. The summed E-state index contributed by atoms with van der Waals surface area (Å²) in [4.78, 5) is 28.5. The number of rotatable bonds is 4. The van der Waals surface area contributed by atoms with E-state index in [0.29, 0.717) is 18.7 Å². The first-order valence-corrected chi connectivity index (χ1v) is 9.74. The topological polar surface area (TPSA) is 40.6 Å². The summed E-state index contributed by atoms with van der Waals surface area (Å²) < 4.78 is 0. The summed E-state index contributed by atoms with van der Waals surface area (Å²) in [5, 5.41) is 0. The molecule has 0 bridgehead atoms. The molecule has 0 saturated heterocycles. The lowest BCUT2D eigenvalue weighted by Gasteiger charge is -2.35. The van der Waals surface area contributed by atoms with E-state index in [1.165, 1.54) is 5.56 Å². The average Bonchev–Trinajstić information content (AvgIpc) is 2.71. The van der Waals surface area contributed by atoms with Crippen molar-refractivity contribution in [2.24, 2.45) is 0 Å². The Balaban J connectivity index is 2.02. The lowest BCUT2D eigenvalue weighted by Crippen LogP contribution is -2.39. The van der Waals surface area contributed by atoms with Crippen LogP contribution in [0.2, 0.25) is 0 Å². The predicted octanol–water partition coefficient (Wildman–Crippen LogP) is 3.88. The first-order valence-electron chi connectivity index (χ1n) is 9.21. The number of hydrogen-bond acceptors (Lipinski definition) is 2. The lowest BCUT2D eigenvalue weighted by atomic mass is 9.84. The van der Waals surface area contributed by atoms with Gasteiger partial charge in [0.1, 0.15) is 5.88 Å². The fraction of sp³-hybridized carbons (Fsp3) is 0.364. The Morgan fingerprint density at radius 3 is 2.52 bits per heavy atom. The number of fused-ring (bicyclic) bond motifs is 1. The maximum Gasteiger partial charge on any atom is 0.253 e. The molecule has 0 aromatic heterocycles. The second-order valence-electron chi connectivity index (χ2n) is 7.29. The second kappa shape index (κ2) is 8.13. The number of benzene rings is 2. The summed E-state index contributed by atoms with van der Waals surface area (Å²) in [6.45, 7) is 5.06. The van der Waals surface area contributed by atoms with Gasteiger partial charge in [0.05, 0.1) is 0 Å². The Labute approximate surface area is 165 Å². The second-order valence-corrected chi connectivity index (χ2v) is 7.56. The summed E-state index contributed by atoms with van der Waals surface area (Å²) in [6.07, 6.45) is 0. The summed E-state index contributed by atoms with van der Waals surface area (Å²) >= 11 is 5.81. The van der Waals surface area contributed by atoms with Gasteiger partial charge in [0.25, 0.3) is 5.91 Å². The average molecular weight is 385 g/mol. The Morgan fingerprint density at radius 2 is 1.89 bits per heavy atom. The minimum absolute atomic E-state index is 0.00939. The molecule has 2 amide bonds. The number of carbonyl (C=O) groups excluding carboxylic acids is 2. The van der Waals surface area contributed by atoms with Crippen molar-refractivity contribution in [2.45, 2.75) is 32.4 Å². The van der Waals surface area contributed by atoms with Crippen molar-refractivity contribution in [3.05, 3.63) is 70.8 Å². The molecule has 27 heavy (non-hydrogen) atoms. The van der Waals surface area contributed by atoms with Crippen LogP contribution in [0.4, 0.5) is 0 Å². The maximum absolute atomic E-state index is 12.7. The molecular formula is C22H25ClN2O2. The van der Waals surface area contributed by atoms with Crippen LogP contribution >= 0.6 is 11.6 Å². The van der Waals surface area contributed by atoms with E-state index in [0.717, 1.165) is 11.1 Å². The third-order valence-corrected chi connectivity index (χ3v) is 5.52. The molecule has 142 valence electrons. The SMILES string of the molecule is CC(C)N(C)C(=O)c1ccc2c(c1)CN(C(=O)CCl)CC2c1ccccc1. The molecule has 2 aromatic carbocycles. The summed E-state index contributed by atoms with van der Waals surface area (Å²) in [5.74, 6) is -0.0517. The highest BCUT2D eigenvalue weighted by molar-refractivity contribution is 6.27. The number of carbonyl (C=O) groups is 2. The Morgan fingerprint density at radius 1 is 1.19 bits per heavy atom. The highest BCUT2D eigenvalue weighted by Gasteiger charge is 2.29. The van der Waals surface area contributed by atoms with Crippen molar-refractivity contribution < 1.29 is 9.59 Å². The molecule has 1 aliphatic rings. The molecule has 0 radical (unpaired) electrons. The van der Waals surface area contributed by atoms with Crippen LogP contribution in [0, 0.1) is 0 Å². The lowest BCUT2D eigenvalue weighted by molar-refractivity contribution is -0.129. The molecule has 1 heterocycles. The van der Waals surface area contributed by atoms with Crippen molar-refractivity contribution in [1.82, 2.24) is 9.80 Å². The van der Waals surface area contributed by atoms with E-state index in [-0.39, 0.29) is 29.7 Å². The number of alkyl halides is 1. The van der Waals surface area contributed by atoms with Gasteiger partial charge in [0, 0.05) is 37.7 Å². The molecule has 0 fully saturated rings. The van der Waals surface area contributed by atoms with Gasteiger partial charge in [0.2, 0.25) is 5.91 Å². The largest absolute Gasteiger partial charge is 0.339 e. The Hall–Kier alpha value is -2.33. The molecule has 4 nitrogen and oxygen atoms in total. The van der Waals surface area contributed by atoms with Gasteiger partial charge in [0.15, 0.2) is 0 Å².